The smallest absolute Gasteiger partial charge is 0.250 e. The average molecular weight is 493 g/mol. The lowest BCUT2D eigenvalue weighted by Gasteiger charge is -2.38. The summed E-state index contributed by atoms with van der Waals surface area (Å²) in [4.78, 5) is 0. The molecule has 3 heteroatoms. The zero-order valence-electron chi connectivity index (χ0n) is 24.1. The van der Waals surface area contributed by atoms with Crippen molar-refractivity contribution in [3.63, 3.8) is 0 Å². The first-order valence-electron chi connectivity index (χ1n) is 13.4. The molecule has 2 rings (SSSR count). The molecule has 192 valence electrons. The van der Waals surface area contributed by atoms with Crippen LogP contribution < -0.4 is 4.43 Å². The summed E-state index contributed by atoms with van der Waals surface area (Å²) in [6.07, 6.45) is 3.30. The highest BCUT2D eigenvalue weighted by Crippen LogP contribution is 2.42. The summed E-state index contributed by atoms with van der Waals surface area (Å²) in [5.41, 5.74) is 5.04. The Balaban J connectivity index is 2.49. The molecule has 0 amide bonds. The highest BCUT2D eigenvalue weighted by molar-refractivity contribution is 6.74. The van der Waals surface area contributed by atoms with E-state index >= 15 is 0 Å². The number of aliphatic hydroxyl groups is 1. The van der Waals surface area contributed by atoms with E-state index in [1.807, 2.05) is 13.8 Å². The van der Waals surface area contributed by atoms with E-state index in [-0.39, 0.29) is 10.5 Å². The van der Waals surface area contributed by atoms with E-state index in [0.717, 1.165) is 29.7 Å². The van der Waals surface area contributed by atoms with Crippen molar-refractivity contribution >= 4 is 8.32 Å². The Morgan fingerprint density at radius 3 is 1.74 bits per heavy atom. The fourth-order valence-electron chi connectivity index (χ4n) is 4.43. The molecule has 1 N–H and O–H groups in total. The summed E-state index contributed by atoms with van der Waals surface area (Å²) in [6, 6.07) is 13.5. The third-order valence-electron chi connectivity index (χ3n) is 8.48. The summed E-state index contributed by atoms with van der Waals surface area (Å²) in [5.74, 6) is 7.37. The lowest BCUT2D eigenvalue weighted by Crippen LogP contribution is -2.44. The maximum Gasteiger partial charge on any atom is 0.250 e. The van der Waals surface area contributed by atoms with Crippen LogP contribution >= 0.6 is 0 Å². The van der Waals surface area contributed by atoms with Crippen LogP contribution in [-0.4, -0.2) is 19.0 Å². The summed E-state index contributed by atoms with van der Waals surface area (Å²) < 4.78 is 6.65. The summed E-state index contributed by atoms with van der Waals surface area (Å²) >= 11 is 0. The van der Waals surface area contributed by atoms with Gasteiger partial charge in [0, 0.05) is 11.0 Å². The molecule has 0 radical (unpaired) electrons. The van der Waals surface area contributed by atoms with Crippen LogP contribution in [0.2, 0.25) is 18.1 Å². The summed E-state index contributed by atoms with van der Waals surface area (Å²) in [7, 11) is -1.89. The topological polar surface area (TPSA) is 29.5 Å². The van der Waals surface area contributed by atoms with Crippen LogP contribution in [0.1, 0.15) is 102 Å². The lowest BCUT2D eigenvalue weighted by molar-refractivity contribution is 0.0931. The molecule has 0 atom stereocenters. The second-order valence-corrected chi connectivity index (χ2v) is 16.4. The third-order valence-corrected chi connectivity index (χ3v) is 12.8. The van der Waals surface area contributed by atoms with Gasteiger partial charge in [-0.15, -0.1) is 0 Å². The first kappa shape index (κ1) is 29.2. The van der Waals surface area contributed by atoms with E-state index in [1.165, 1.54) is 16.7 Å². The Morgan fingerprint density at radius 2 is 1.31 bits per heavy atom. The number of hydrogen-bond donors (Lipinski definition) is 1. The van der Waals surface area contributed by atoms with Gasteiger partial charge in [-0.05, 0) is 92.0 Å². The van der Waals surface area contributed by atoms with Gasteiger partial charge < -0.3 is 9.53 Å². The molecule has 35 heavy (non-hydrogen) atoms. The fourth-order valence-corrected chi connectivity index (χ4v) is 5.52. The number of rotatable bonds is 8. The molecule has 0 unspecified atom stereocenters. The van der Waals surface area contributed by atoms with Crippen LogP contribution in [0.3, 0.4) is 0 Å². The van der Waals surface area contributed by atoms with Crippen molar-refractivity contribution in [2.45, 2.75) is 117 Å². The minimum Gasteiger partial charge on any atom is -0.543 e. The molecule has 2 aromatic carbocycles. The van der Waals surface area contributed by atoms with Gasteiger partial charge in [-0.3, -0.25) is 0 Å². The zero-order valence-corrected chi connectivity index (χ0v) is 25.1. The third kappa shape index (κ3) is 6.22. The van der Waals surface area contributed by atoms with Crippen LogP contribution in [0, 0.1) is 25.7 Å². The van der Waals surface area contributed by atoms with Gasteiger partial charge in [0.15, 0.2) is 0 Å². The van der Waals surface area contributed by atoms with Gasteiger partial charge in [0.2, 0.25) is 8.32 Å². The molecule has 0 aliphatic heterocycles. The van der Waals surface area contributed by atoms with Crippen LogP contribution in [-0.2, 0) is 5.41 Å². The molecule has 0 heterocycles. The molecule has 0 aliphatic carbocycles. The highest BCUT2D eigenvalue weighted by atomic mass is 28.4. The molecule has 0 aliphatic rings. The summed E-state index contributed by atoms with van der Waals surface area (Å²) in [5, 5.41) is 10.7. The van der Waals surface area contributed by atoms with Crippen molar-refractivity contribution in [2.24, 2.45) is 0 Å². The Kier molecular flexibility index (Phi) is 9.12. The fraction of sp³-hybridized carbons (Fsp3) is 0.562. The van der Waals surface area contributed by atoms with E-state index < -0.39 is 13.9 Å². The minimum atomic E-state index is -1.89. The molecule has 0 fully saturated rings. The predicted molar refractivity (Wildman–Crippen MR) is 154 cm³/mol. The van der Waals surface area contributed by atoms with Crippen molar-refractivity contribution in [2.75, 3.05) is 0 Å². The van der Waals surface area contributed by atoms with E-state index in [9.17, 15) is 5.11 Å². The molecule has 0 aromatic heterocycles. The molecular formula is C32H48O2Si. The second-order valence-electron chi connectivity index (χ2n) is 11.7. The molecule has 0 spiro atoms. The normalized spacial score (nSPS) is 12.8. The van der Waals surface area contributed by atoms with Gasteiger partial charge in [0.1, 0.15) is 11.4 Å². The molecule has 0 saturated heterocycles. The number of aryl methyl sites for hydroxylation is 2. The van der Waals surface area contributed by atoms with Gasteiger partial charge in [-0.2, -0.15) is 0 Å². The lowest BCUT2D eigenvalue weighted by atomic mass is 9.70. The van der Waals surface area contributed by atoms with E-state index in [4.69, 9.17) is 4.43 Å². The van der Waals surface area contributed by atoms with Gasteiger partial charge >= 0.3 is 0 Å². The number of hydrogen-bond acceptors (Lipinski definition) is 2. The maximum absolute atomic E-state index is 10.6. The van der Waals surface area contributed by atoms with Gasteiger partial charge in [-0.25, -0.2) is 0 Å². The van der Waals surface area contributed by atoms with E-state index in [0.29, 0.717) is 12.8 Å². The first-order valence-corrected chi connectivity index (χ1v) is 16.3. The van der Waals surface area contributed by atoms with E-state index in [1.54, 1.807) is 0 Å². The SMILES string of the molecule is CCC(O)(C#Cc1ccc(C(CC)(CC)c2ccc(O[Si](C)(C)C(C)(C)C)c(C)c2)cc1C)CC. The van der Waals surface area contributed by atoms with E-state index in [2.05, 4.69) is 110 Å². The standard InChI is InChI=1S/C32H48O2Si/c1-12-31(33,13-2)21-20-26-16-17-27(22-24(26)5)32(14-3,15-4)28-18-19-29(25(6)23-28)34-35(10,11)30(7,8)9/h16-19,22-23,33H,12-15H2,1-11H3. The Labute approximate surface area is 216 Å². The molecule has 0 saturated carbocycles. The quantitative estimate of drug-likeness (QED) is 0.295. The zero-order chi connectivity index (χ0) is 26.7. The van der Waals surface area contributed by atoms with Crippen molar-refractivity contribution in [3.8, 4) is 17.6 Å². The van der Waals surface area contributed by atoms with Crippen LogP contribution in [0.25, 0.3) is 0 Å². The van der Waals surface area contributed by atoms with Crippen LogP contribution in [0.15, 0.2) is 36.4 Å². The first-order chi connectivity index (χ1) is 16.2. The van der Waals surface area contributed by atoms with Gasteiger partial charge in [-0.1, -0.05) is 84.6 Å². The molecule has 2 aromatic rings. The summed E-state index contributed by atoms with van der Waals surface area (Å²) in [6.45, 7) is 24.3. The van der Waals surface area contributed by atoms with Crippen molar-refractivity contribution in [1.29, 1.82) is 0 Å². The largest absolute Gasteiger partial charge is 0.543 e. The highest BCUT2D eigenvalue weighted by Gasteiger charge is 2.39. The minimum absolute atomic E-state index is 0.0649. The second kappa shape index (κ2) is 10.9. The Hall–Kier alpha value is -2.02. The van der Waals surface area contributed by atoms with Crippen molar-refractivity contribution in [3.05, 3.63) is 64.2 Å². The van der Waals surface area contributed by atoms with Gasteiger partial charge in [0.05, 0.1) is 0 Å². The van der Waals surface area contributed by atoms with Crippen LogP contribution in [0.4, 0.5) is 0 Å². The number of benzene rings is 2. The van der Waals surface area contributed by atoms with Crippen molar-refractivity contribution in [1.82, 2.24) is 0 Å². The Bertz CT molecular complexity index is 1070. The molecule has 2 nitrogen and oxygen atoms in total. The monoisotopic (exact) mass is 492 g/mol. The molecular weight excluding hydrogens is 444 g/mol. The average Bonchev–Trinajstić information content (AvgIpc) is 2.80. The molecule has 0 bridgehead atoms. The van der Waals surface area contributed by atoms with Crippen molar-refractivity contribution < 1.29 is 9.53 Å². The Morgan fingerprint density at radius 1 is 0.800 bits per heavy atom. The van der Waals surface area contributed by atoms with Gasteiger partial charge in [0.25, 0.3) is 0 Å². The maximum atomic E-state index is 10.6. The van der Waals surface area contributed by atoms with Crippen LogP contribution in [0.5, 0.6) is 5.75 Å². The predicted octanol–water partition coefficient (Wildman–Crippen LogP) is 8.70.